The first-order valence-electron chi connectivity index (χ1n) is 8.85. The summed E-state index contributed by atoms with van der Waals surface area (Å²) in [6.45, 7) is 7.88. The summed E-state index contributed by atoms with van der Waals surface area (Å²) < 4.78 is 0. The number of carbonyl (C=O) groups excluding carboxylic acids is 1. The Hall–Kier alpha value is -1.57. The maximum absolute atomic E-state index is 12.8. The largest absolute Gasteiger partial charge is 0.396 e. The van der Waals surface area contributed by atoms with Crippen molar-refractivity contribution < 1.29 is 9.90 Å². The molecule has 2 atom stereocenters. The summed E-state index contributed by atoms with van der Waals surface area (Å²) in [6, 6.07) is 1.74. The van der Waals surface area contributed by atoms with Crippen molar-refractivity contribution in [2.24, 2.45) is 11.8 Å². The number of aliphatic hydroxyl groups is 1. The molecule has 0 radical (unpaired) electrons. The van der Waals surface area contributed by atoms with Gasteiger partial charge in [0.2, 0.25) is 0 Å². The van der Waals surface area contributed by atoms with Crippen LogP contribution in [0.3, 0.4) is 0 Å². The highest BCUT2D eigenvalue weighted by atomic mass is 16.3. The first kappa shape index (κ1) is 19.8. The van der Waals surface area contributed by atoms with E-state index >= 15 is 0 Å². The van der Waals surface area contributed by atoms with Gasteiger partial charge in [-0.2, -0.15) is 0 Å². The third kappa shape index (κ3) is 5.45. The summed E-state index contributed by atoms with van der Waals surface area (Å²) in [5.41, 5.74) is 1.25. The molecular weight excluding hydrogens is 318 g/mol. The molecule has 1 N–H and O–H groups in total. The van der Waals surface area contributed by atoms with Gasteiger partial charge in [0.1, 0.15) is 11.5 Å². The fourth-order valence-corrected chi connectivity index (χ4v) is 3.37. The Balaban J connectivity index is 2.01. The number of hydrogen-bond donors (Lipinski definition) is 1. The summed E-state index contributed by atoms with van der Waals surface area (Å²) in [4.78, 5) is 27.6. The Kier molecular flexibility index (Phi) is 6.87. The number of rotatable bonds is 7. The van der Waals surface area contributed by atoms with Gasteiger partial charge in [-0.05, 0) is 47.0 Å². The quantitative estimate of drug-likeness (QED) is 0.762. The molecule has 0 aliphatic carbocycles. The number of hydrogen-bond acceptors (Lipinski definition) is 6. The average Bonchev–Trinajstić information content (AvgIpc) is 2.94. The minimum atomic E-state index is -0.0644. The molecule has 0 unspecified atom stereocenters. The van der Waals surface area contributed by atoms with Gasteiger partial charge in [0.25, 0.3) is 5.91 Å². The van der Waals surface area contributed by atoms with E-state index in [4.69, 9.17) is 0 Å². The second-order valence-electron chi connectivity index (χ2n) is 7.42. The lowest BCUT2D eigenvalue weighted by Gasteiger charge is -2.25. The Morgan fingerprint density at radius 3 is 2.48 bits per heavy atom. The minimum Gasteiger partial charge on any atom is -0.396 e. The van der Waals surface area contributed by atoms with Crippen LogP contribution < -0.4 is 0 Å². The molecule has 7 nitrogen and oxygen atoms in total. The molecule has 1 aliphatic rings. The van der Waals surface area contributed by atoms with Gasteiger partial charge in [0, 0.05) is 50.9 Å². The van der Waals surface area contributed by atoms with Gasteiger partial charge in [-0.3, -0.25) is 4.79 Å². The first-order chi connectivity index (χ1) is 11.8. The van der Waals surface area contributed by atoms with Gasteiger partial charge in [-0.1, -0.05) is 0 Å². The maximum atomic E-state index is 12.8. The zero-order valence-electron chi connectivity index (χ0n) is 16.1. The SMILES string of the molecule is Cc1cc(C(=O)N2C[C@@H](CN(C)CCN(C)C)[C@@H](CO)C2)nc(C)n1. The van der Waals surface area contributed by atoms with Gasteiger partial charge in [-0.25, -0.2) is 9.97 Å². The van der Waals surface area contributed by atoms with Crippen LogP contribution in [-0.4, -0.2) is 96.2 Å². The fourth-order valence-electron chi connectivity index (χ4n) is 3.37. The zero-order valence-corrected chi connectivity index (χ0v) is 16.1. The van der Waals surface area contributed by atoms with Crippen LogP contribution >= 0.6 is 0 Å². The van der Waals surface area contributed by atoms with E-state index < -0.39 is 0 Å². The van der Waals surface area contributed by atoms with E-state index in [0.717, 1.165) is 25.3 Å². The van der Waals surface area contributed by atoms with Crippen LogP contribution in [0.5, 0.6) is 0 Å². The maximum Gasteiger partial charge on any atom is 0.272 e. The molecule has 1 aromatic rings. The van der Waals surface area contributed by atoms with Crippen LogP contribution in [0.1, 0.15) is 22.0 Å². The van der Waals surface area contributed by atoms with Gasteiger partial charge < -0.3 is 19.8 Å². The Bertz CT molecular complexity index is 573. The van der Waals surface area contributed by atoms with E-state index in [1.54, 1.807) is 13.0 Å². The van der Waals surface area contributed by atoms with Crippen LogP contribution in [0.15, 0.2) is 6.07 Å². The number of amides is 1. The van der Waals surface area contributed by atoms with Crippen molar-refractivity contribution in [1.29, 1.82) is 0 Å². The highest BCUT2D eigenvalue weighted by Gasteiger charge is 2.36. The lowest BCUT2D eigenvalue weighted by Crippen LogP contribution is -2.35. The second-order valence-corrected chi connectivity index (χ2v) is 7.42. The number of likely N-dealkylation sites (tertiary alicyclic amines) is 1. The third-order valence-electron chi connectivity index (χ3n) is 4.76. The molecule has 0 aromatic carbocycles. The Morgan fingerprint density at radius 1 is 1.20 bits per heavy atom. The lowest BCUT2D eigenvalue weighted by molar-refractivity contribution is 0.0773. The monoisotopic (exact) mass is 349 g/mol. The van der Waals surface area contributed by atoms with Crippen molar-refractivity contribution in [3.63, 3.8) is 0 Å². The molecule has 0 saturated carbocycles. The van der Waals surface area contributed by atoms with Crippen molar-refractivity contribution in [2.45, 2.75) is 13.8 Å². The molecule has 2 rings (SSSR count). The summed E-state index contributed by atoms with van der Waals surface area (Å²) in [5.74, 6) is 0.951. The molecule has 25 heavy (non-hydrogen) atoms. The number of nitrogens with zero attached hydrogens (tertiary/aromatic N) is 5. The summed E-state index contributed by atoms with van der Waals surface area (Å²) in [7, 11) is 6.22. The lowest BCUT2D eigenvalue weighted by atomic mass is 9.96. The molecule has 140 valence electrons. The van der Waals surface area contributed by atoms with E-state index in [0.29, 0.717) is 24.6 Å². The van der Waals surface area contributed by atoms with Crippen LogP contribution in [-0.2, 0) is 0 Å². The minimum absolute atomic E-state index is 0.0644. The van der Waals surface area contributed by atoms with Crippen LogP contribution in [0.25, 0.3) is 0 Å². The number of likely N-dealkylation sites (N-methyl/N-ethyl adjacent to an activating group) is 2. The van der Waals surface area contributed by atoms with Crippen molar-refractivity contribution in [2.75, 3.05) is 60.5 Å². The van der Waals surface area contributed by atoms with Crippen molar-refractivity contribution in [3.05, 3.63) is 23.3 Å². The molecule has 1 aromatic heterocycles. The summed E-state index contributed by atoms with van der Waals surface area (Å²) in [6.07, 6.45) is 0. The predicted octanol–water partition coefficient (Wildman–Crippen LogP) is 0.267. The van der Waals surface area contributed by atoms with Crippen molar-refractivity contribution in [3.8, 4) is 0 Å². The molecule has 1 fully saturated rings. The fraction of sp³-hybridized carbons (Fsp3) is 0.722. The number of aryl methyl sites for hydroxylation is 2. The molecule has 2 heterocycles. The third-order valence-corrected chi connectivity index (χ3v) is 4.76. The highest BCUT2D eigenvalue weighted by Crippen LogP contribution is 2.25. The van der Waals surface area contributed by atoms with E-state index in [9.17, 15) is 9.90 Å². The topological polar surface area (TPSA) is 72.8 Å². The predicted molar refractivity (Wildman–Crippen MR) is 97.5 cm³/mol. The molecular formula is C18H31N5O2. The van der Waals surface area contributed by atoms with E-state index in [2.05, 4.69) is 40.9 Å². The van der Waals surface area contributed by atoms with E-state index in [1.165, 1.54) is 0 Å². The van der Waals surface area contributed by atoms with Crippen LogP contribution in [0.4, 0.5) is 0 Å². The second kappa shape index (κ2) is 8.69. The average molecular weight is 349 g/mol. The van der Waals surface area contributed by atoms with Gasteiger partial charge >= 0.3 is 0 Å². The van der Waals surface area contributed by atoms with Crippen molar-refractivity contribution in [1.82, 2.24) is 24.7 Å². The molecule has 1 saturated heterocycles. The first-order valence-corrected chi connectivity index (χ1v) is 8.85. The molecule has 0 bridgehead atoms. The zero-order chi connectivity index (χ0) is 18.6. The van der Waals surface area contributed by atoms with Crippen LogP contribution in [0.2, 0.25) is 0 Å². The summed E-state index contributed by atoms with van der Waals surface area (Å²) >= 11 is 0. The summed E-state index contributed by atoms with van der Waals surface area (Å²) in [5, 5.41) is 9.74. The highest BCUT2D eigenvalue weighted by molar-refractivity contribution is 5.92. The molecule has 1 aliphatic heterocycles. The smallest absolute Gasteiger partial charge is 0.272 e. The molecule has 7 heteroatoms. The van der Waals surface area contributed by atoms with Gasteiger partial charge in [0.15, 0.2) is 0 Å². The van der Waals surface area contributed by atoms with Crippen LogP contribution in [0, 0.1) is 25.7 Å². The number of carbonyl (C=O) groups is 1. The number of aromatic nitrogens is 2. The van der Waals surface area contributed by atoms with E-state index in [-0.39, 0.29) is 24.3 Å². The standard InChI is InChI=1S/C18H31N5O2/c1-13-8-17(20-14(2)19-13)18(25)23-10-15(16(11-23)12-24)9-22(5)7-6-21(3)4/h8,15-16,24H,6-7,9-12H2,1-5H3/t15-,16-/m1/s1. The van der Waals surface area contributed by atoms with E-state index in [1.807, 2.05) is 11.8 Å². The van der Waals surface area contributed by atoms with Gasteiger partial charge in [0.05, 0.1) is 0 Å². The number of aliphatic hydroxyl groups excluding tert-OH is 1. The molecule has 1 amide bonds. The van der Waals surface area contributed by atoms with Gasteiger partial charge in [-0.15, -0.1) is 0 Å². The molecule has 0 spiro atoms. The van der Waals surface area contributed by atoms with Crippen molar-refractivity contribution >= 4 is 5.91 Å². The Morgan fingerprint density at radius 2 is 1.88 bits per heavy atom. The normalized spacial score (nSPS) is 20.7. The Labute approximate surface area is 150 Å².